The smallest absolute Gasteiger partial charge is 0.279 e. The lowest BCUT2D eigenvalue weighted by Gasteiger charge is -2.12. The van der Waals surface area contributed by atoms with E-state index in [1.54, 1.807) is 24.3 Å². The van der Waals surface area contributed by atoms with Gasteiger partial charge in [-0.05, 0) is 24.3 Å². The van der Waals surface area contributed by atoms with Crippen molar-refractivity contribution in [3.8, 4) is 22.9 Å². The minimum atomic E-state index is -0.820. The van der Waals surface area contributed by atoms with Crippen LogP contribution in [0.5, 0.6) is 17.2 Å². The average Bonchev–Trinajstić information content (AvgIpc) is 2.66. The Labute approximate surface area is 168 Å². The van der Waals surface area contributed by atoms with Gasteiger partial charge in [-0.1, -0.05) is 35.3 Å². The molecule has 144 valence electrons. The first-order chi connectivity index (χ1) is 13.3. The van der Waals surface area contributed by atoms with E-state index in [1.165, 1.54) is 19.2 Å². The molecule has 0 unspecified atom stereocenters. The number of phenolic OH excluding ortho intramolecular Hbond substituents is 1. The minimum absolute atomic E-state index is 0.0704. The molecule has 1 amide bonds. The summed E-state index contributed by atoms with van der Waals surface area (Å²) in [6.07, 6.45) is 0. The van der Waals surface area contributed by atoms with Gasteiger partial charge in [0.2, 0.25) is 0 Å². The van der Waals surface area contributed by atoms with Gasteiger partial charge in [0.15, 0.2) is 17.2 Å². The van der Waals surface area contributed by atoms with E-state index in [0.717, 1.165) is 10.7 Å². The van der Waals surface area contributed by atoms with E-state index < -0.39 is 22.9 Å². The Morgan fingerprint density at radius 1 is 1.14 bits per heavy atom. The molecule has 0 aliphatic rings. The molecule has 1 aromatic heterocycles. The molecule has 3 rings (SSSR count). The number of para-hydroxylation sites is 2. The first-order valence-corrected chi connectivity index (χ1v) is 8.53. The van der Waals surface area contributed by atoms with E-state index in [9.17, 15) is 19.8 Å². The van der Waals surface area contributed by atoms with Gasteiger partial charge in [-0.25, -0.2) is 0 Å². The number of ether oxygens (including phenoxy) is 1. The Morgan fingerprint density at radius 3 is 2.43 bits per heavy atom. The fourth-order valence-corrected chi connectivity index (χ4v) is 2.90. The predicted octanol–water partition coefficient (Wildman–Crippen LogP) is 3.21. The molecule has 0 saturated heterocycles. The number of halogens is 2. The maximum Gasteiger partial charge on any atom is 0.279 e. The topological polar surface area (TPSA) is 114 Å². The number of rotatable bonds is 4. The molecule has 3 N–H and O–H groups in total. The van der Waals surface area contributed by atoms with Gasteiger partial charge in [0.05, 0.1) is 17.2 Å². The molecule has 3 aromatic rings. The number of carbonyl (C=O) groups excluding carboxylic acids is 1. The second kappa shape index (κ2) is 7.79. The van der Waals surface area contributed by atoms with Gasteiger partial charge in [-0.3, -0.25) is 9.59 Å². The number of carbonyl (C=O) groups is 1. The van der Waals surface area contributed by atoms with Crippen LogP contribution in [0, 0.1) is 0 Å². The van der Waals surface area contributed by atoms with Crippen LogP contribution in [-0.4, -0.2) is 33.0 Å². The zero-order valence-corrected chi connectivity index (χ0v) is 15.8. The van der Waals surface area contributed by atoms with Crippen LogP contribution in [0.4, 0.5) is 5.69 Å². The number of nitrogens with one attached hydrogen (secondary N) is 1. The van der Waals surface area contributed by atoms with E-state index in [1.807, 2.05) is 0 Å². The zero-order chi connectivity index (χ0) is 20.4. The highest BCUT2D eigenvalue weighted by molar-refractivity contribution is 6.37. The van der Waals surface area contributed by atoms with Crippen LogP contribution in [0.3, 0.4) is 0 Å². The number of aromatic nitrogens is 2. The molecule has 8 nitrogen and oxygen atoms in total. The molecule has 0 saturated carbocycles. The lowest BCUT2D eigenvalue weighted by atomic mass is 10.2. The molecule has 28 heavy (non-hydrogen) atoms. The summed E-state index contributed by atoms with van der Waals surface area (Å²) in [5, 5.41) is 25.9. The van der Waals surface area contributed by atoms with Crippen molar-refractivity contribution < 1.29 is 19.7 Å². The Kier molecular flexibility index (Phi) is 5.43. The van der Waals surface area contributed by atoms with Crippen molar-refractivity contribution in [2.75, 3.05) is 12.4 Å². The van der Waals surface area contributed by atoms with Crippen molar-refractivity contribution >= 4 is 34.8 Å². The third-order valence-corrected chi connectivity index (χ3v) is 4.29. The summed E-state index contributed by atoms with van der Waals surface area (Å²) in [4.78, 5) is 24.8. The van der Waals surface area contributed by atoms with Gasteiger partial charge in [0.1, 0.15) is 11.4 Å². The first kappa shape index (κ1) is 19.5. The number of amides is 1. The van der Waals surface area contributed by atoms with Crippen LogP contribution < -0.4 is 15.6 Å². The minimum Gasteiger partial charge on any atom is -0.505 e. The van der Waals surface area contributed by atoms with E-state index in [0.29, 0.717) is 11.4 Å². The van der Waals surface area contributed by atoms with Crippen molar-refractivity contribution in [2.24, 2.45) is 0 Å². The molecule has 2 aromatic carbocycles. The summed E-state index contributed by atoms with van der Waals surface area (Å²) in [7, 11) is 1.43. The van der Waals surface area contributed by atoms with Crippen molar-refractivity contribution in [3.63, 3.8) is 0 Å². The summed E-state index contributed by atoms with van der Waals surface area (Å²) in [6.45, 7) is 0. The lowest BCUT2D eigenvalue weighted by molar-refractivity contribution is 0.101. The van der Waals surface area contributed by atoms with Gasteiger partial charge in [0.25, 0.3) is 11.5 Å². The lowest BCUT2D eigenvalue weighted by Crippen LogP contribution is -2.25. The van der Waals surface area contributed by atoms with E-state index >= 15 is 0 Å². The summed E-state index contributed by atoms with van der Waals surface area (Å²) < 4.78 is 6.14. The largest absolute Gasteiger partial charge is 0.505 e. The molecule has 0 fully saturated rings. The number of hydrogen-bond acceptors (Lipinski definition) is 6. The van der Waals surface area contributed by atoms with Crippen LogP contribution in [-0.2, 0) is 0 Å². The Morgan fingerprint density at radius 2 is 1.79 bits per heavy atom. The molecular formula is C18H13Cl2N3O5. The molecule has 0 aliphatic carbocycles. The number of phenols is 1. The second-order valence-electron chi connectivity index (χ2n) is 5.54. The maximum atomic E-state index is 12.6. The van der Waals surface area contributed by atoms with Crippen molar-refractivity contribution in [1.29, 1.82) is 0 Å². The third-order valence-electron chi connectivity index (χ3n) is 3.71. The monoisotopic (exact) mass is 421 g/mol. The Balaban J connectivity index is 2.03. The van der Waals surface area contributed by atoms with Crippen LogP contribution in [0.15, 0.2) is 47.3 Å². The highest BCUT2D eigenvalue weighted by atomic mass is 35.5. The van der Waals surface area contributed by atoms with E-state index in [4.69, 9.17) is 27.9 Å². The molecule has 0 radical (unpaired) electrons. The molecule has 0 spiro atoms. The van der Waals surface area contributed by atoms with E-state index in [2.05, 4.69) is 10.4 Å². The third kappa shape index (κ3) is 3.73. The molecule has 0 bridgehead atoms. The normalized spacial score (nSPS) is 10.5. The quantitative estimate of drug-likeness (QED) is 0.557. The summed E-state index contributed by atoms with van der Waals surface area (Å²) in [5.41, 5.74) is -0.617. The van der Waals surface area contributed by atoms with Gasteiger partial charge in [0, 0.05) is 11.8 Å². The van der Waals surface area contributed by atoms with Crippen molar-refractivity contribution in [1.82, 2.24) is 9.78 Å². The molecule has 1 heterocycles. The second-order valence-corrected chi connectivity index (χ2v) is 6.36. The number of anilines is 1. The summed E-state index contributed by atoms with van der Waals surface area (Å²) >= 11 is 11.7. The SMILES string of the molecule is COc1ccccc1-n1nc(C(=O)Nc2cc(Cl)c(O)c(Cl)c2)c(O)cc1=O. The van der Waals surface area contributed by atoms with Gasteiger partial charge >= 0.3 is 0 Å². The standard InChI is InChI=1S/C18H13Cl2N3O5/c1-28-14-5-3-2-4-12(14)23-15(25)8-13(24)16(22-23)18(27)21-9-6-10(19)17(26)11(20)7-9/h2-8,24,26H,1H3,(H,21,27). The number of nitrogens with zero attached hydrogens (tertiary/aromatic N) is 2. The predicted molar refractivity (Wildman–Crippen MR) is 104 cm³/mol. The average molecular weight is 422 g/mol. The van der Waals surface area contributed by atoms with Crippen LogP contribution in [0.25, 0.3) is 5.69 Å². The number of aromatic hydroxyl groups is 2. The number of methoxy groups -OCH3 is 1. The Bertz CT molecular complexity index is 1110. The maximum absolute atomic E-state index is 12.6. The first-order valence-electron chi connectivity index (χ1n) is 7.78. The molecule has 0 atom stereocenters. The van der Waals surface area contributed by atoms with Crippen LogP contribution >= 0.6 is 23.2 Å². The van der Waals surface area contributed by atoms with Crippen LogP contribution in [0.1, 0.15) is 10.5 Å². The van der Waals surface area contributed by atoms with Crippen molar-refractivity contribution in [3.05, 3.63) is 68.6 Å². The van der Waals surface area contributed by atoms with Crippen LogP contribution in [0.2, 0.25) is 10.0 Å². The number of hydrogen-bond donors (Lipinski definition) is 3. The molecular weight excluding hydrogens is 409 g/mol. The fourth-order valence-electron chi connectivity index (χ4n) is 2.41. The Hall–Kier alpha value is -3.23. The summed E-state index contributed by atoms with van der Waals surface area (Å²) in [6, 6.07) is 9.98. The summed E-state index contributed by atoms with van der Waals surface area (Å²) in [5.74, 6) is -1.40. The highest BCUT2D eigenvalue weighted by Gasteiger charge is 2.19. The molecule has 10 heteroatoms. The van der Waals surface area contributed by atoms with Gasteiger partial charge in [-0.2, -0.15) is 9.78 Å². The van der Waals surface area contributed by atoms with Gasteiger partial charge < -0.3 is 20.3 Å². The fraction of sp³-hybridized carbons (Fsp3) is 0.0556. The van der Waals surface area contributed by atoms with E-state index in [-0.39, 0.29) is 21.5 Å². The molecule has 0 aliphatic heterocycles. The zero-order valence-electron chi connectivity index (χ0n) is 14.3. The highest BCUT2D eigenvalue weighted by Crippen LogP contribution is 2.34. The van der Waals surface area contributed by atoms with Crippen molar-refractivity contribution in [2.45, 2.75) is 0 Å². The number of benzene rings is 2. The van der Waals surface area contributed by atoms with Gasteiger partial charge in [-0.15, -0.1) is 0 Å².